The molecular weight excluding hydrogens is 342 g/mol. The van der Waals surface area contributed by atoms with E-state index in [0.717, 1.165) is 37.0 Å². The summed E-state index contributed by atoms with van der Waals surface area (Å²) in [5.74, 6) is -2.57. The van der Waals surface area contributed by atoms with Crippen molar-refractivity contribution >= 4 is 34.2 Å². The van der Waals surface area contributed by atoms with Crippen LogP contribution in [0, 0.1) is 23.7 Å². The number of carbonyl (C=O) groups excluding carboxylic acids is 2. The van der Waals surface area contributed by atoms with E-state index < -0.39 is 23.8 Å². The summed E-state index contributed by atoms with van der Waals surface area (Å²) in [6.45, 7) is 2.04. The monoisotopic (exact) mass is 365 g/mol. The Morgan fingerprint density at radius 1 is 1.28 bits per heavy atom. The summed E-state index contributed by atoms with van der Waals surface area (Å²) >= 11 is 1.36. The van der Waals surface area contributed by atoms with Gasteiger partial charge in [0.1, 0.15) is 5.00 Å². The normalized spacial score (nSPS) is 27.3. The van der Waals surface area contributed by atoms with Crippen LogP contribution in [0.3, 0.4) is 0 Å². The number of esters is 1. The van der Waals surface area contributed by atoms with E-state index >= 15 is 0 Å². The molecule has 0 aromatic carbocycles. The number of aliphatic carboxylic acids is 1. The van der Waals surface area contributed by atoms with Crippen LogP contribution < -0.4 is 5.32 Å². The maximum Gasteiger partial charge on any atom is 0.340 e. The number of rotatable bonds is 6. The first kappa shape index (κ1) is 17.9. The van der Waals surface area contributed by atoms with Crippen LogP contribution in [-0.2, 0) is 20.7 Å². The summed E-state index contributed by atoms with van der Waals surface area (Å²) in [6, 6.07) is 1.76. The van der Waals surface area contributed by atoms with E-state index in [4.69, 9.17) is 4.74 Å². The van der Waals surface area contributed by atoms with Gasteiger partial charge >= 0.3 is 11.9 Å². The van der Waals surface area contributed by atoms with Gasteiger partial charge in [-0.05, 0) is 43.6 Å². The second-order valence-electron chi connectivity index (χ2n) is 6.91. The Bertz CT molecular complexity index is 698. The highest BCUT2D eigenvalue weighted by Crippen LogP contribution is 2.52. The Kier molecular flexibility index (Phi) is 5.13. The molecule has 3 rings (SSSR count). The second-order valence-corrected chi connectivity index (χ2v) is 8.05. The van der Waals surface area contributed by atoms with Gasteiger partial charge in [0.05, 0.1) is 24.5 Å². The Balaban J connectivity index is 1.83. The van der Waals surface area contributed by atoms with Crippen LogP contribution in [-0.4, -0.2) is 30.1 Å². The van der Waals surface area contributed by atoms with Crippen molar-refractivity contribution in [3.8, 4) is 0 Å². The molecule has 2 aliphatic carbocycles. The van der Waals surface area contributed by atoms with Crippen molar-refractivity contribution in [2.45, 2.75) is 39.0 Å². The molecule has 2 bridgehead atoms. The number of ether oxygens (including phenoxy) is 1. The van der Waals surface area contributed by atoms with E-state index in [9.17, 15) is 19.5 Å². The molecule has 7 heteroatoms. The zero-order valence-corrected chi connectivity index (χ0v) is 15.2. The smallest absolute Gasteiger partial charge is 0.340 e. The number of aryl methyl sites for hydroxylation is 1. The van der Waals surface area contributed by atoms with E-state index in [0.29, 0.717) is 10.6 Å². The number of methoxy groups -OCH3 is 1. The predicted octanol–water partition coefficient (Wildman–Crippen LogP) is 3.17. The largest absolute Gasteiger partial charge is 0.481 e. The molecule has 2 saturated carbocycles. The molecule has 6 nitrogen and oxygen atoms in total. The van der Waals surface area contributed by atoms with Crippen LogP contribution in [0.2, 0.25) is 0 Å². The molecule has 0 radical (unpaired) electrons. The van der Waals surface area contributed by atoms with Crippen LogP contribution in [0.25, 0.3) is 0 Å². The molecule has 1 aromatic heterocycles. The number of hydrogen-bond donors (Lipinski definition) is 2. The van der Waals surface area contributed by atoms with Gasteiger partial charge in [0.25, 0.3) is 0 Å². The van der Waals surface area contributed by atoms with Crippen LogP contribution in [0.5, 0.6) is 0 Å². The lowest BCUT2D eigenvalue weighted by Crippen LogP contribution is -2.37. The summed E-state index contributed by atoms with van der Waals surface area (Å²) in [7, 11) is 1.31. The molecule has 0 aliphatic heterocycles. The number of hydrogen-bond acceptors (Lipinski definition) is 5. The molecule has 1 amide bonds. The molecule has 1 aromatic rings. The van der Waals surface area contributed by atoms with Gasteiger partial charge in [-0.1, -0.05) is 13.3 Å². The van der Waals surface area contributed by atoms with E-state index in [1.165, 1.54) is 18.4 Å². The molecule has 2 fully saturated rings. The van der Waals surface area contributed by atoms with E-state index in [-0.39, 0.29) is 17.7 Å². The lowest BCUT2D eigenvalue weighted by Gasteiger charge is -2.26. The Morgan fingerprint density at radius 3 is 2.56 bits per heavy atom. The third-order valence-electron chi connectivity index (χ3n) is 5.43. The molecule has 0 spiro atoms. The Morgan fingerprint density at radius 2 is 1.96 bits per heavy atom. The van der Waals surface area contributed by atoms with E-state index in [1.807, 2.05) is 6.92 Å². The number of fused-ring (bicyclic) bond motifs is 2. The summed E-state index contributed by atoms with van der Waals surface area (Å²) in [5.41, 5.74) is 0.347. The minimum atomic E-state index is -0.890. The molecule has 2 N–H and O–H groups in total. The van der Waals surface area contributed by atoms with Crippen molar-refractivity contribution in [3.63, 3.8) is 0 Å². The van der Waals surface area contributed by atoms with Crippen molar-refractivity contribution in [2.75, 3.05) is 12.4 Å². The molecule has 136 valence electrons. The molecule has 1 heterocycles. The lowest BCUT2D eigenvalue weighted by atomic mass is 9.79. The third-order valence-corrected chi connectivity index (χ3v) is 6.54. The van der Waals surface area contributed by atoms with Gasteiger partial charge in [0.2, 0.25) is 5.91 Å². The molecule has 0 saturated heterocycles. The van der Waals surface area contributed by atoms with Crippen molar-refractivity contribution < 1.29 is 24.2 Å². The minimum Gasteiger partial charge on any atom is -0.481 e. The number of carboxylic acid groups (broad SMARTS) is 1. The van der Waals surface area contributed by atoms with Crippen LogP contribution in [0.4, 0.5) is 5.00 Å². The number of anilines is 1. The number of thiophene rings is 1. The van der Waals surface area contributed by atoms with E-state index in [2.05, 4.69) is 5.32 Å². The van der Waals surface area contributed by atoms with Gasteiger partial charge in [0.15, 0.2) is 0 Å². The van der Waals surface area contributed by atoms with Gasteiger partial charge in [0, 0.05) is 4.88 Å². The minimum absolute atomic E-state index is 0.0947. The lowest BCUT2D eigenvalue weighted by molar-refractivity contribution is -0.148. The maximum absolute atomic E-state index is 12.8. The molecule has 25 heavy (non-hydrogen) atoms. The first-order chi connectivity index (χ1) is 12.0. The summed E-state index contributed by atoms with van der Waals surface area (Å²) < 4.78 is 4.81. The molecule has 4 atom stereocenters. The summed E-state index contributed by atoms with van der Waals surface area (Å²) in [4.78, 5) is 37.4. The van der Waals surface area contributed by atoms with Crippen molar-refractivity contribution in [3.05, 3.63) is 16.5 Å². The standard InChI is InChI=1S/C18H23NO5S/c1-3-4-11-8-12(18(23)24-2)16(25-11)19-15(20)13-9-5-6-10(7-9)14(13)17(21)22/h8-10,13-14H,3-7H2,1-2H3,(H,19,20)(H,21,22)/t9-,10+,13+,14+/m0/s1. The predicted molar refractivity (Wildman–Crippen MR) is 93.7 cm³/mol. The zero-order chi connectivity index (χ0) is 18.1. The fourth-order valence-electron chi connectivity index (χ4n) is 4.39. The van der Waals surface area contributed by atoms with Gasteiger partial charge in [-0.15, -0.1) is 11.3 Å². The van der Waals surface area contributed by atoms with Gasteiger partial charge in [-0.25, -0.2) is 4.79 Å². The van der Waals surface area contributed by atoms with Crippen LogP contribution >= 0.6 is 11.3 Å². The second kappa shape index (κ2) is 7.15. The van der Waals surface area contributed by atoms with E-state index in [1.54, 1.807) is 6.07 Å². The first-order valence-corrected chi connectivity index (χ1v) is 9.52. The quantitative estimate of drug-likeness (QED) is 0.755. The zero-order valence-electron chi connectivity index (χ0n) is 14.4. The highest BCUT2D eigenvalue weighted by molar-refractivity contribution is 7.16. The molecular formula is C18H23NO5S. The average molecular weight is 365 g/mol. The fraction of sp³-hybridized carbons (Fsp3) is 0.611. The van der Waals surface area contributed by atoms with Crippen molar-refractivity contribution in [1.29, 1.82) is 0 Å². The van der Waals surface area contributed by atoms with Crippen LogP contribution in [0.1, 0.15) is 47.8 Å². The van der Waals surface area contributed by atoms with Gasteiger partial charge < -0.3 is 15.2 Å². The fourth-order valence-corrected chi connectivity index (χ4v) is 5.53. The number of carbonyl (C=O) groups is 3. The first-order valence-electron chi connectivity index (χ1n) is 8.70. The Hall–Kier alpha value is -1.89. The highest BCUT2D eigenvalue weighted by Gasteiger charge is 2.54. The maximum atomic E-state index is 12.8. The third kappa shape index (κ3) is 3.29. The SMILES string of the molecule is CCCc1cc(C(=O)OC)c(NC(=O)[C@@H]2[C@H]3CC[C@H](C3)[C@H]2C(=O)O)s1. The number of amides is 1. The molecule has 0 unspecified atom stereocenters. The summed E-state index contributed by atoms with van der Waals surface area (Å²) in [6.07, 6.45) is 4.35. The average Bonchev–Trinajstić information content (AvgIpc) is 3.28. The highest BCUT2D eigenvalue weighted by atomic mass is 32.1. The van der Waals surface area contributed by atoms with Crippen molar-refractivity contribution in [2.24, 2.45) is 23.7 Å². The number of carboxylic acids is 1. The topological polar surface area (TPSA) is 92.7 Å². The summed E-state index contributed by atoms with van der Waals surface area (Å²) in [5, 5.41) is 12.8. The Labute approximate surface area is 150 Å². The molecule has 2 aliphatic rings. The van der Waals surface area contributed by atoms with Gasteiger partial charge in [-0.2, -0.15) is 0 Å². The van der Waals surface area contributed by atoms with Crippen molar-refractivity contribution in [1.82, 2.24) is 0 Å². The van der Waals surface area contributed by atoms with Gasteiger partial charge in [-0.3, -0.25) is 9.59 Å². The number of nitrogens with one attached hydrogen (secondary N) is 1. The van der Waals surface area contributed by atoms with Crippen LogP contribution in [0.15, 0.2) is 6.07 Å².